The molecular formula is C26H23N3O5. The van der Waals surface area contributed by atoms with Gasteiger partial charge in [-0.2, -0.15) is 0 Å². The molecule has 0 unspecified atom stereocenters. The molecule has 5 rings (SSSR count). The van der Waals surface area contributed by atoms with Gasteiger partial charge in [-0.3, -0.25) is 14.9 Å². The van der Waals surface area contributed by atoms with E-state index in [0.717, 1.165) is 22.3 Å². The first-order chi connectivity index (χ1) is 16.5. The summed E-state index contributed by atoms with van der Waals surface area (Å²) in [5, 5.41) is 14.4. The number of carboxylic acid groups (broad SMARTS) is 1. The van der Waals surface area contributed by atoms with Crippen LogP contribution in [0.1, 0.15) is 40.4 Å². The van der Waals surface area contributed by atoms with Crippen LogP contribution in [0.2, 0.25) is 0 Å². The number of nitrogens with zero attached hydrogens (tertiary/aromatic N) is 1. The Bertz CT molecular complexity index is 1240. The van der Waals surface area contributed by atoms with Crippen molar-refractivity contribution in [3.63, 3.8) is 0 Å². The van der Waals surface area contributed by atoms with Crippen molar-refractivity contribution in [3.8, 4) is 11.1 Å². The van der Waals surface area contributed by atoms with Gasteiger partial charge in [0.2, 0.25) is 0 Å². The van der Waals surface area contributed by atoms with Gasteiger partial charge in [0.25, 0.3) is 5.91 Å². The van der Waals surface area contributed by atoms with Crippen LogP contribution in [-0.2, 0) is 9.53 Å². The maximum atomic E-state index is 12.5. The number of amides is 2. The summed E-state index contributed by atoms with van der Waals surface area (Å²) in [5.74, 6) is -1.30. The average molecular weight is 457 g/mol. The first-order valence-corrected chi connectivity index (χ1v) is 11.1. The number of carbonyl (C=O) groups is 3. The minimum atomic E-state index is -0.911. The van der Waals surface area contributed by atoms with E-state index < -0.39 is 23.4 Å². The molecule has 3 aromatic rings. The molecule has 2 aliphatic carbocycles. The number of hydrogen-bond acceptors (Lipinski definition) is 5. The average Bonchev–Trinajstić information content (AvgIpc) is 3.58. The molecule has 3 N–H and O–H groups in total. The molecule has 1 saturated carbocycles. The van der Waals surface area contributed by atoms with E-state index in [1.54, 1.807) is 12.1 Å². The SMILES string of the molecule is O=C(Nc1cccc(C(=O)NCC2(C(=O)O)CC2)n1)OCC1c2ccccc2-c2ccccc21. The Morgan fingerprint density at radius 3 is 2.21 bits per heavy atom. The van der Waals surface area contributed by atoms with Gasteiger partial charge in [-0.05, 0) is 47.2 Å². The molecule has 8 nitrogen and oxygen atoms in total. The van der Waals surface area contributed by atoms with Gasteiger partial charge in [0, 0.05) is 12.5 Å². The highest BCUT2D eigenvalue weighted by molar-refractivity contribution is 5.94. The zero-order valence-corrected chi connectivity index (χ0v) is 18.3. The molecule has 1 aromatic heterocycles. The minimum absolute atomic E-state index is 0.0485. The Kier molecular flexibility index (Phi) is 5.49. The molecule has 0 radical (unpaired) electrons. The zero-order chi connectivity index (χ0) is 23.7. The highest BCUT2D eigenvalue weighted by atomic mass is 16.5. The number of rotatable bonds is 7. The maximum Gasteiger partial charge on any atom is 0.412 e. The molecule has 2 aromatic carbocycles. The summed E-state index contributed by atoms with van der Waals surface area (Å²) in [6.45, 7) is 0.212. The molecule has 0 atom stereocenters. The second kappa shape index (κ2) is 8.62. The van der Waals surface area contributed by atoms with Crippen LogP contribution in [-0.4, -0.2) is 41.2 Å². The van der Waals surface area contributed by atoms with Crippen molar-refractivity contribution < 1.29 is 24.2 Å². The number of aromatic nitrogens is 1. The van der Waals surface area contributed by atoms with Crippen LogP contribution in [0.4, 0.5) is 10.6 Å². The highest BCUT2D eigenvalue weighted by Gasteiger charge is 2.50. The zero-order valence-electron chi connectivity index (χ0n) is 18.3. The lowest BCUT2D eigenvalue weighted by Gasteiger charge is -2.14. The van der Waals surface area contributed by atoms with Gasteiger partial charge in [-0.25, -0.2) is 9.78 Å². The topological polar surface area (TPSA) is 118 Å². The standard InChI is InChI=1S/C26H23N3O5/c30-23(27-15-26(12-13-26)24(31)32)21-10-5-11-22(28-21)29-25(33)34-14-20-18-8-3-1-6-16(18)17-7-2-4-9-19(17)20/h1-11,20H,12-15H2,(H,27,30)(H,31,32)(H,28,29,33). The number of benzene rings is 2. The number of hydrogen-bond donors (Lipinski definition) is 3. The third-order valence-corrected chi connectivity index (χ3v) is 6.45. The van der Waals surface area contributed by atoms with Crippen LogP contribution in [0.25, 0.3) is 11.1 Å². The van der Waals surface area contributed by atoms with Crippen molar-refractivity contribution in [2.24, 2.45) is 5.41 Å². The van der Waals surface area contributed by atoms with Gasteiger partial charge in [0.15, 0.2) is 0 Å². The second-order valence-corrected chi connectivity index (χ2v) is 8.63. The lowest BCUT2D eigenvalue weighted by atomic mass is 9.98. The number of anilines is 1. The molecule has 0 spiro atoms. The van der Waals surface area contributed by atoms with Gasteiger partial charge in [-0.1, -0.05) is 54.6 Å². The molecule has 34 heavy (non-hydrogen) atoms. The molecule has 2 amide bonds. The van der Waals surface area contributed by atoms with Crippen LogP contribution >= 0.6 is 0 Å². The number of fused-ring (bicyclic) bond motifs is 3. The fourth-order valence-corrected chi connectivity index (χ4v) is 4.33. The number of nitrogens with one attached hydrogen (secondary N) is 2. The fourth-order valence-electron chi connectivity index (χ4n) is 4.33. The summed E-state index contributed by atoms with van der Waals surface area (Å²) in [5.41, 5.74) is 3.72. The van der Waals surface area contributed by atoms with Crippen molar-refractivity contribution in [1.29, 1.82) is 0 Å². The molecular weight excluding hydrogens is 434 g/mol. The lowest BCUT2D eigenvalue weighted by Crippen LogP contribution is -2.34. The summed E-state index contributed by atoms with van der Waals surface area (Å²) >= 11 is 0. The summed E-state index contributed by atoms with van der Waals surface area (Å²) in [4.78, 5) is 40.3. The van der Waals surface area contributed by atoms with Crippen LogP contribution in [0.15, 0.2) is 66.7 Å². The van der Waals surface area contributed by atoms with Gasteiger partial charge < -0.3 is 15.2 Å². The van der Waals surface area contributed by atoms with Gasteiger partial charge in [-0.15, -0.1) is 0 Å². The summed E-state index contributed by atoms with van der Waals surface area (Å²) in [6, 6.07) is 20.8. The van der Waals surface area contributed by atoms with E-state index in [1.165, 1.54) is 6.07 Å². The Morgan fingerprint density at radius 1 is 0.941 bits per heavy atom. The van der Waals surface area contributed by atoms with E-state index in [1.807, 2.05) is 36.4 Å². The fraction of sp³-hybridized carbons (Fsp3) is 0.231. The smallest absolute Gasteiger partial charge is 0.412 e. The maximum absolute atomic E-state index is 12.5. The van der Waals surface area contributed by atoms with Crippen molar-refractivity contribution in [2.75, 3.05) is 18.5 Å². The first-order valence-electron chi connectivity index (χ1n) is 11.1. The van der Waals surface area contributed by atoms with Crippen LogP contribution < -0.4 is 10.6 Å². The third kappa shape index (κ3) is 4.10. The lowest BCUT2D eigenvalue weighted by molar-refractivity contribution is -0.143. The van der Waals surface area contributed by atoms with Gasteiger partial charge >= 0.3 is 12.1 Å². The Hall–Kier alpha value is -4.20. The number of carboxylic acids is 1. The third-order valence-electron chi connectivity index (χ3n) is 6.45. The normalized spacial score (nSPS) is 15.1. The largest absolute Gasteiger partial charge is 0.481 e. The number of ether oxygens (including phenoxy) is 1. The summed E-state index contributed by atoms with van der Waals surface area (Å²) in [7, 11) is 0. The second-order valence-electron chi connectivity index (χ2n) is 8.63. The number of carbonyl (C=O) groups excluding carboxylic acids is 2. The van der Waals surface area contributed by atoms with Crippen molar-refractivity contribution >= 4 is 23.8 Å². The summed E-state index contributed by atoms with van der Waals surface area (Å²) < 4.78 is 5.51. The Morgan fingerprint density at radius 2 is 1.59 bits per heavy atom. The molecule has 2 aliphatic rings. The van der Waals surface area contributed by atoms with E-state index in [9.17, 15) is 19.5 Å². The molecule has 1 fully saturated rings. The molecule has 8 heteroatoms. The Balaban J connectivity index is 1.20. The monoisotopic (exact) mass is 457 g/mol. The Labute approximate surface area is 196 Å². The molecule has 172 valence electrons. The van der Waals surface area contributed by atoms with E-state index in [0.29, 0.717) is 12.8 Å². The minimum Gasteiger partial charge on any atom is -0.481 e. The molecule has 0 aliphatic heterocycles. The summed E-state index contributed by atoms with van der Waals surface area (Å²) in [6.07, 6.45) is 0.411. The van der Waals surface area contributed by atoms with Crippen molar-refractivity contribution in [2.45, 2.75) is 18.8 Å². The number of aliphatic carboxylic acids is 1. The van der Waals surface area contributed by atoms with Gasteiger partial charge in [0.05, 0.1) is 5.41 Å². The number of pyridine rings is 1. The van der Waals surface area contributed by atoms with Crippen LogP contribution in [0, 0.1) is 5.41 Å². The van der Waals surface area contributed by atoms with E-state index in [2.05, 4.69) is 27.8 Å². The molecule has 1 heterocycles. The van der Waals surface area contributed by atoms with Crippen LogP contribution in [0.3, 0.4) is 0 Å². The van der Waals surface area contributed by atoms with E-state index >= 15 is 0 Å². The predicted molar refractivity (Wildman–Crippen MR) is 125 cm³/mol. The van der Waals surface area contributed by atoms with E-state index in [-0.39, 0.29) is 30.6 Å². The quantitative estimate of drug-likeness (QED) is 0.493. The van der Waals surface area contributed by atoms with Crippen molar-refractivity contribution in [1.82, 2.24) is 10.3 Å². The highest BCUT2D eigenvalue weighted by Crippen LogP contribution is 2.45. The van der Waals surface area contributed by atoms with E-state index in [4.69, 9.17) is 4.74 Å². The molecule has 0 bridgehead atoms. The predicted octanol–water partition coefficient (Wildman–Crippen LogP) is 4.04. The molecule has 0 saturated heterocycles. The van der Waals surface area contributed by atoms with Gasteiger partial charge in [0.1, 0.15) is 18.1 Å². The first kappa shape index (κ1) is 21.6. The van der Waals surface area contributed by atoms with Crippen LogP contribution in [0.5, 0.6) is 0 Å². The van der Waals surface area contributed by atoms with Crippen molar-refractivity contribution in [3.05, 3.63) is 83.6 Å².